The zero-order valence-electron chi connectivity index (χ0n) is 25.9. The molecule has 0 saturated carbocycles. The van der Waals surface area contributed by atoms with Crippen LogP contribution in [0.4, 0.5) is 18.0 Å². The van der Waals surface area contributed by atoms with Crippen LogP contribution in [0.1, 0.15) is 30.4 Å². The second kappa shape index (κ2) is 15.8. The number of methoxy groups -OCH3 is 2. The minimum atomic E-state index is -4.96. The molecule has 0 spiro atoms. The molecule has 0 aliphatic heterocycles. The number of rotatable bonds is 15. The van der Waals surface area contributed by atoms with Gasteiger partial charge in [0.2, 0.25) is 0 Å². The number of nitrogens with two attached hydrogens (primary N) is 2. The lowest BCUT2D eigenvalue weighted by Gasteiger charge is -2.17. The topological polar surface area (TPSA) is 184 Å². The molecule has 0 aliphatic rings. The lowest BCUT2D eigenvalue weighted by atomic mass is 10.0. The number of hydrogen-bond donors (Lipinski definition) is 5. The summed E-state index contributed by atoms with van der Waals surface area (Å²) in [6.45, 7) is 2.20. The number of aromatic nitrogens is 3. The number of H-pyrrole nitrogens is 1. The number of carbonyl (C=O) groups is 1. The zero-order valence-corrected chi connectivity index (χ0v) is 25.9. The van der Waals surface area contributed by atoms with Gasteiger partial charge in [-0.15, -0.1) is 13.2 Å². The first kappa shape index (κ1) is 34.6. The summed E-state index contributed by atoms with van der Waals surface area (Å²) in [4.78, 5) is 35.4. The fraction of sp³-hybridized carbons (Fsp3) is 0.355. The second-order valence-electron chi connectivity index (χ2n) is 10.5. The molecule has 0 atom stereocenters. The van der Waals surface area contributed by atoms with Crippen LogP contribution in [0.5, 0.6) is 11.5 Å². The maximum absolute atomic E-state index is 13.4. The standard InChI is InChI=1S/C31H37F3N8O5/c1-45-26-20(6-3-4-12-39-30(44)46-2)14-21(16-25(26)47-31(32,33)34)24-15-22-18-42(29(43)41-27(22)40-24)23-9-7-19(8-10-23)17-37-11-5-13-38-28(35)36/h7-10,14-16,18,37H,3-6,11-13,17H2,1-2H3,(H,39,44)(H4,35,36,38)(H,40,41,43). The summed E-state index contributed by atoms with van der Waals surface area (Å²) in [5, 5.41) is 6.43. The van der Waals surface area contributed by atoms with Gasteiger partial charge in [-0.1, -0.05) is 12.1 Å². The Hall–Kier alpha value is -5.25. The molecule has 0 saturated heterocycles. The number of aryl methyl sites for hydroxylation is 1. The van der Waals surface area contributed by atoms with Gasteiger partial charge in [0.15, 0.2) is 17.5 Å². The molecule has 4 aromatic rings. The number of hydrogen-bond acceptors (Lipinski definition) is 8. The van der Waals surface area contributed by atoms with Crippen LogP contribution in [0.15, 0.2) is 58.4 Å². The van der Waals surface area contributed by atoms with Gasteiger partial charge in [-0.3, -0.25) is 9.56 Å². The molecule has 0 unspecified atom stereocenters. The largest absolute Gasteiger partial charge is 0.573 e. The average Bonchev–Trinajstić information content (AvgIpc) is 3.44. The fourth-order valence-corrected chi connectivity index (χ4v) is 4.89. The van der Waals surface area contributed by atoms with Crippen molar-refractivity contribution in [3.63, 3.8) is 0 Å². The molecule has 13 nitrogen and oxygen atoms in total. The first-order valence-electron chi connectivity index (χ1n) is 14.7. The molecular weight excluding hydrogens is 621 g/mol. The van der Waals surface area contributed by atoms with Crippen LogP contribution >= 0.6 is 0 Å². The highest BCUT2D eigenvalue weighted by Gasteiger charge is 2.33. The number of alkyl halides is 3. The molecule has 7 N–H and O–H groups in total. The minimum absolute atomic E-state index is 0.0504. The van der Waals surface area contributed by atoms with Crippen LogP contribution in [0.2, 0.25) is 0 Å². The summed E-state index contributed by atoms with van der Waals surface area (Å²) in [7, 11) is 2.52. The summed E-state index contributed by atoms with van der Waals surface area (Å²) in [5.41, 5.74) is 13.3. The maximum Gasteiger partial charge on any atom is 0.573 e. The summed E-state index contributed by atoms with van der Waals surface area (Å²) >= 11 is 0. The van der Waals surface area contributed by atoms with Crippen molar-refractivity contribution in [2.24, 2.45) is 16.5 Å². The molecule has 0 aliphatic carbocycles. The Morgan fingerprint density at radius 2 is 1.83 bits per heavy atom. The van der Waals surface area contributed by atoms with Crippen molar-refractivity contribution in [3.8, 4) is 28.4 Å². The van der Waals surface area contributed by atoms with Crippen molar-refractivity contribution in [2.75, 3.05) is 33.9 Å². The van der Waals surface area contributed by atoms with Gasteiger partial charge in [-0.05, 0) is 73.7 Å². The van der Waals surface area contributed by atoms with E-state index in [-0.39, 0.29) is 17.4 Å². The Kier molecular flexibility index (Phi) is 11.7. The van der Waals surface area contributed by atoms with E-state index in [1.165, 1.54) is 24.9 Å². The number of nitrogens with zero attached hydrogens (tertiary/aromatic N) is 3. The van der Waals surface area contributed by atoms with Crippen molar-refractivity contribution >= 4 is 23.1 Å². The molecular formula is C31H37F3N8O5. The number of aromatic amines is 1. The Morgan fingerprint density at radius 1 is 1.06 bits per heavy atom. The highest BCUT2D eigenvalue weighted by Crippen LogP contribution is 2.40. The Bertz CT molecular complexity index is 1750. The van der Waals surface area contributed by atoms with Gasteiger partial charge in [-0.2, -0.15) is 4.98 Å². The number of benzene rings is 2. The number of carbonyl (C=O) groups excluding carboxylic acids is 1. The molecule has 4 rings (SSSR count). The van der Waals surface area contributed by atoms with Crippen molar-refractivity contribution in [1.82, 2.24) is 25.2 Å². The van der Waals surface area contributed by atoms with E-state index in [0.29, 0.717) is 66.8 Å². The Labute approximate surface area is 268 Å². The molecule has 0 radical (unpaired) electrons. The lowest BCUT2D eigenvalue weighted by molar-refractivity contribution is -0.275. The molecule has 252 valence electrons. The molecule has 2 heterocycles. The van der Waals surface area contributed by atoms with Gasteiger partial charge in [0.05, 0.1) is 19.9 Å². The number of unbranched alkanes of at least 4 members (excludes halogenated alkanes) is 1. The van der Waals surface area contributed by atoms with Gasteiger partial charge >= 0.3 is 18.1 Å². The number of ether oxygens (including phenoxy) is 3. The first-order chi connectivity index (χ1) is 22.5. The van der Waals surface area contributed by atoms with Gasteiger partial charge in [-0.25, -0.2) is 9.59 Å². The van der Waals surface area contributed by atoms with E-state index in [1.807, 2.05) is 12.1 Å². The predicted octanol–water partition coefficient (Wildman–Crippen LogP) is 3.72. The van der Waals surface area contributed by atoms with E-state index in [0.717, 1.165) is 18.5 Å². The van der Waals surface area contributed by atoms with Crippen molar-refractivity contribution < 1.29 is 32.2 Å². The highest BCUT2D eigenvalue weighted by atomic mass is 19.4. The number of amides is 1. The highest BCUT2D eigenvalue weighted by molar-refractivity contribution is 5.83. The third-order valence-corrected chi connectivity index (χ3v) is 7.06. The van der Waals surface area contributed by atoms with E-state index in [4.69, 9.17) is 16.2 Å². The lowest BCUT2D eigenvalue weighted by Crippen LogP contribution is -2.24. The Balaban J connectivity index is 1.56. The van der Waals surface area contributed by atoms with Gasteiger partial charge in [0.1, 0.15) is 5.65 Å². The van der Waals surface area contributed by atoms with Crippen molar-refractivity contribution in [3.05, 3.63) is 70.3 Å². The fourth-order valence-electron chi connectivity index (χ4n) is 4.89. The quantitative estimate of drug-likeness (QED) is 0.0722. The summed E-state index contributed by atoms with van der Waals surface area (Å²) in [5.74, 6) is -0.492. The monoisotopic (exact) mass is 658 g/mol. The van der Waals surface area contributed by atoms with Crippen LogP contribution in [-0.4, -0.2) is 66.8 Å². The van der Waals surface area contributed by atoms with Crippen molar-refractivity contribution in [2.45, 2.75) is 38.6 Å². The summed E-state index contributed by atoms with van der Waals surface area (Å²) in [6.07, 6.45) is -1.73. The minimum Gasteiger partial charge on any atom is -0.493 e. The van der Waals surface area contributed by atoms with E-state index >= 15 is 0 Å². The number of alkyl carbamates (subject to hydrolysis) is 1. The van der Waals surface area contributed by atoms with Gasteiger partial charge in [0.25, 0.3) is 0 Å². The van der Waals surface area contributed by atoms with Crippen LogP contribution < -0.4 is 37.3 Å². The molecule has 0 bridgehead atoms. The van der Waals surface area contributed by atoms with E-state index < -0.39 is 23.9 Å². The average molecular weight is 659 g/mol. The molecule has 0 fully saturated rings. The number of halogens is 3. The Morgan fingerprint density at radius 3 is 2.51 bits per heavy atom. The molecule has 2 aromatic heterocycles. The maximum atomic E-state index is 13.4. The number of fused-ring (bicyclic) bond motifs is 1. The first-order valence-corrected chi connectivity index (χ1v) is 14.7. The predicted molar refractivity (Wildman–Crippen MR) is 171 cm³/mol. The van der Waals surface area contributed by atoms with E-state index in [2.05, 4.69) is 35.1 Å². The number of aliphatic imine (C=N–C) groups is 1. The van der Waals surface area contributed by atoms with Crippen LogP contribution in [0.25, 0.3) is 28.0 Å². The van der Waals surface area contributed by atoms with Gasteiger partial charge < -0.3 is 41.3 Å². The van der Waals surface area contributed by atoms with E-state index in [9.17, 15) is 22.8 Å². The summed E-state index contributed by atoms with van der Waals surface area (Å²) < 4.78 is 55.7. The third-order valence-electron chi connectivity index (χ3n) is 7.06. The SMILES string of the molecule is COC(=O)NCCCCc1cc(-c2cc3cn(-c4ccc(CNCCCN=C(N)N)cc4)c(=O)nc3[nH]2)cc(OC(F)(F)F)c1OC. The smallest absolute Gasteiger partial charge is 0.493 e. The molecule has 16 heteroatoms. The molecule has 1 amide bonds. The van der Waals surface area contributed by atoms with Gasteiger partial charge in [0, 0.05) is 42.5 Å². The van der Waals surface area contributed by atoms with Crippen LogP contribution in [0, 0.1) is 0 Å². The molecule has 47 heavy (non-hydrogen) atoms. The van der Waals surface area contributed by atoms with Crippen LogP contribution in [0.3, 0.4) is 0 Å². The zero-order chi connectivity index (χ0) is 34.0. The number of nitrogens with one attached hydrogen (secondary N) is 3. The van der Waals surface area contributed by atoms with Crippen LogP contribution in [-0.2, 0) is 17.7 Å². The van der Waals surface area contributed by atoms with Crippen molar-refractivity contribution in [1.29, 1.82) is 0 Å². The second-order valence-corrected chi connectivity index (χ2v) is 10.5. The third kappa shape index (κ3) is 9.87. The molecule has 2 aromatic carbocycles. The number of guanidine groups is 1. The normalized spacial score (nSPS) is 11.3. The summed E-state index contributed by atoms with van der Waals surface area (Å²) in [6, 6.07) is 12.0. The van der Waals surface area contributed by atoms with E-state index in [1.54, 1.807) is 30.5 Å².